The lowest BCUT2D eigenvalue weighted by molar-refractivity contribution is -0.150. The first kappa shape index (κ1) is 17.0. The van der Waals surface area contributed by atoms with Crippen molar-refractivity contribution in [1.29, 1.82) is 0 Å². The summed E-state index contributed by atoms with van der Waals surface area (Å²) >= 11 is 0. The van der Waals surface area contributed by atoms with Crippen LogP contribution >= 0.6 is 0 Å². The van der Waals surface area contributed by atoms with Crippen molar-refractivity contribution in [2.75, 3.05) is 20.3 Å². The number of hydrogen-bond acceptors (Lipinski definition) is 3. The van der Waals surface area contributed by atoms with Gasteiger partial charge in [0.05, 0.1) is 19.6 Å². The van der Waals surface area contributed by atoms with E-state index in [9.17, 15) is 9.18 Å². The SMILES string of the molecule is COC(=O)C1C(c2ccc(C)cc2)CC2CCC1N2CC#CC[18F]. The van der Waals surface area contributed by atoms with E-state index in [1.165, 1.54) is 18.2 Å². The lowest BCUT2D eigenvalue weighted by Crippen LogP contribution is -2.51. The van der Waals surface area contributed by atoms with Gasteiger partial charge in [-0.3, -0.25) is 9.69 Å². The zero-order valence-electron chi connectivity index (χ0n) is 14.3. The molecule has 0 N–H and O–H groups in total. The van der Waals surface area contributed by atoms with E-state index in [-0.39, 0.29) is 23.8 Å². The Morgan fingerprint density at radius 2 is 2.04 bits per heavy atom. The molecule has 0 amide bonds. The molecule has 2 aliphatic rings. The summed E-state index contributed by atoms with van der Waals surface area (Å²) in [6, 6.07) is 9.02. The first-order valence-electron chi connectivity index (χ1n) is 8.57. The number of carbonyl (C=O) groups is 1. The summed E-state index contributed by atoms with van der Waals surface area (Å²) < 4.78 is 17.4. The summed E-state index contributed by atoms with van der Waals surface area (Å²) in [5.41, 5.74) is 2.43. The van der Waals surface area contributed by atoms with Crippen LogP contribution in [0.3, 0.4) is 0 Å². The van der Waals surface area contributed by atoms with Gasteiger partial charge in [-0.1, -0.05) is 41.7 Å². The summed E-state index contributed by atoms with van der Waals surface area (Å²) in [6.07, 6.45) is 2.97. The van der Waals surface area contributed by atoms with E-state index in [1.54, 1.807) is 0 Å². The molecule has 1 aromatic carbocycles. The van der Waals surface area contributed by atoms with E-state index in [2.05, 4.69) is 47.9 Å². The number of alkyl halides is 1. The van der Waals surface area contributed by atoms with Crippen LogP contribution in [0.4, 0.5) is 4.39 Å². The van der Waals surface area contributed by atoms with Crippen molar-refractivity contribution in [3.05, 3.63) is 35.4 Å². The molecular weight excluding hydrogens is 304 g/mol. The van der Waals surface area contributed by atoms with Gasteiger partial charge in [0.15, 0.2) is 0 Å². The molecule has 4 atom stereocenters. The first-order valence-corrected chi connectivity index (χ1v) is 8.57. The zero-order valence-corrected chi connectivity index (χ0v) is 14.3. The molecular formula is C20H24FNO2. The molecule has 2 bridgehead atoms. The number of carbonyl (C=O) groups excluding carboxylic acids is 1. The average Bonchev–Trinajstić information content (AvgIpc) is 2.87. The van der Waals surface area contributed by atoms with Crippen LogP contribution in [0.1, 0.15) is 36.3 Å². The molecule has 4 unspecified atom stereocenters. The summed E-state index contributed by atoms with van der Waals surface area (Å²) in [5, 5.41) is 0. The van der Waals surface area contributed by atoms with Crippen molar-refractivity contribution >= 4 is 5.97 Å². The standard InChI is InChI=1S/C20H24FNO2/c1-14-5-7-15(8-6-14)17-13-16-9-10-18(19(17)20(23)24-2)22(16)12-4-3-11-21/h5-8,16-19H,9-13H2,1-2H3/i21-1. The Labute approximate surface area is 143 Å². The fourth-order valence-corrected chi connectivity index (χ4v) is 4.37. The van der Waals surface area contributed by atoms with Gasteiger partial charge >= 0.3 is 5.97 Å². The van der Waals surface area contributed by atoms with Crippen LogP contribution in [0.25, 0.3) is 0 Å². The third-order valence-corrected chi connectivity index (χ3v) is 5.50. The molecule has 2 saturated heterocycles. The van der Waals surface area contributed by atoms with Gasteiger partial charge in [-0.05, 0) is 31.7 Å². The molecule has 3 nitrogen and oxygen atoms in total. The first-order chi connectivity index (χ1) is 11.7. The van der Waals surface area contributed by atoms with Crippen molar-refractivity contribution in [2.45, 2.75) is 44.2 Å². The minimum Gasteiger partial charge on any atom is -0.469 e. The van der Waals surface area contributed by atoms with Crippen molar-refractivity contribution in [3.8, 4) is 11.8 Å². The largest absolute Gasteiger partial charge is 0.469 e. The van der Waals surface area contributed by atoms with E-state index >= 15 is 0 Å². The van der Waals surface area contributed by atoms with Crippen LogP contribution in [-0.4, -0.2) is 43.3 Å². The van der Waals surface area contributed by atoms with Gasteiger partial charge in [0.1, 0.15) is 6.67 Å². The highest BCUT2D eigenvalue weighted by molar-refractivity contribution is 5.75. The van der Waals surface area contributed by atoms with Crippen LogP contribution in [0.5, 0.6) is 0 Å². The predicted molar refractivity (Wildman–Crippen MR) is 91.3 cm³/mol. The summed E-state index contributed by atoms with van der Waals surface area (Å²) in [6.45, 7) is 1.99. The van der Waals surface area contributed by atoms with E-state index < -0.39 is 6.67 Å². The number of ether oxygens (including phenoxy) is 1. The predicted octanol–water partition coefficient (Wildman–Crippen LogP) is 3.08. The molecule has 0 spiro atoms. The van der Waals surface area contributed by atoms with Crippen molar-refractivity contribution < 1.29 is 13.9 Å². The van der Waals surface area contributed by atoms with Crippen molar-refractivity contribution in [3.63, 3.8) is 0 Å². The molecule has 0 radical (unpaired) electrons. The van der Waals surface area contributed by atoms with E-state index in [0.717, 1.165) is 19.3 Å². The quantitative estimate of drug-likeness (QED) is 0.631. The number of benzene rings is 1. The van der Waals surface area contributed by atoms with Gasteiger partial charge in [0.25, 0.3) is 0 Å². The van der Waals surface area contributed by atoms with E-state index in [1.807, 2.05) is 0 Å². The van der Waals surface area contributed by atoms with Gasteiger partial charge in [-0.2, -0.15) is 0 Å². The topological polar surface area (TPSA) is 29.5 Å². The van der Waals surface area contributed by atoms with Crippen LogP contribution in [-0.2, 0) is 9.53 Å². The number of nitrogens with zero attached hydrogens (tertiary/aromatic N) is 1. The second-order valence-electron chi connectivity index (χ2n) is 6.76. The summed E-state index contributed by atoms with van der Waals surface area (Å²) in [7, 11) is 1.46. The number of aryl methyl sites for hydroxylation is 1. The lowest BCUT2D eigenvalue weighted by atomic mass is 9.76. The molecule has 3 rings (SSSR count). The smallest absolute Gasteiger partial charge is 0.310 e. The Morgan fingerprint density at radius 1 is 1.29 bits per heavy atom. The van der Waals surface area contributed by atoms with Crippen LogP contribution < -0.4 is 0 Å². The van der Waals surface area contributed by atoms with Crippen LogP contribution in [0.15, 0.2) is 24.3 Å². The van der Waals surface area contributed by atoms with Gasteiger partial charge in [-0.15, -0.1) is 0 Å². The molecule has 0 saturated carbocycles. The van der Waals surface area contributed by atoms with E-state index in [4.69, 9.17) is 4.74 Å². The van der Waals surface area contributed by atoms with Gasteiger partial charge in [0, 0.05) is 18.0 Å². The van der Waals surface area contributed by atoms with Gasteiger partial charge < -0.3 is 4.74 Å². The monoisotopic (exact) mass is 328 g/mol. The second-order valence-corrected chi connectivity index (χ2v) is 6.76. The van der Waals surface area contributed by atoms with Crippen LogP contribution in [0.2, 0.25) is 0 Å². The third-order valence-electron chi connectivity index (χ3n) is 5.50. The molecule has 2 fully saturated rings. The van der Waals surface area contributed by atoms with Crippen molar-refractivity contribution in [2.24, 2.45) is 5.92 Å². The van der Waals surface area contributed by atoms with E-state index in [0.29, 0.717) is 12.6 Å². The fraction of sp³-hybridized carbons (Fsp3) is 0.550. The zero-order chi connectivity index (χ0) is 17.1. The Kier molecular flexibility index (Phi) is 5.20. The number of methoxy groups -OCH3 is 1. The summed E-state index contributed by atoms with van der Waals surface area (Å²) in [4.78, 5) is 14.8. The van der Waals surface area contributed by atoms with Gasteiger partial charge in [-0.25, -0.2) is 4.39 Å². The van der Waals surface area contributed by atoms with Gasteiger partial charge in [0.2, 0.25) is 0 Å². The highest BCUT2D eigenvalue weighted by Gasteiger charge is 2.50. The molecule has 1 aromatic rings. The molecule has 0 aromatic heterocycles. The molecule has 2 aliphatic heterocycles. The Bertz CT molecular complexity index is 646. The van der Waals surface area contributed by atoms with Crippen LogP contribution in [0, 0.1) is 24.7 Å². The maximum atomic E-state index is 12.5. The summed E-state index contributed by atoms with van der Waals surface area (Å²) in [5.74, 6) is 5.25. The molecule has 0 aliphatic carbocycles. The number of rotatable bonds is 3. The molecule has 24 heavy (non-hydrogen) atoms. The molecule has 4 heteroatoms. The Morgan fingerprint density at radius 3 is 2.71 bits per heavy atom. The Balaban J connectivity index is 1.89. The fourth-order valence-electron chi connectivity index (χ4n) is 4.37. The molecule has 128 valence electrons. The normalized spacial score (nSPS) is 29.0. The number of hydrogen-bond donors (Lipinski definition) is 0. The molecule has 2 heterocycles. The maximum Gasteiger partial charge on any atom is 0.310 e. The second kappa shape index (κ2) is 7.36. The Hall–Kier alpha value is -1.86. The highest BCUT2D eigenvalue weighted by Crippen LogP contribution is 2.47. The van der Waals surface area contributed by atoms with Crippen molar-refractivity contribution in [1.82, 2.24) is 4.90 Å². The minimum absolute atomic E-state index is 0.136. The number of piperidine rings is 1. The highest BCUT2D eigenvalue weighted by atomic mass is 18.2. The maximum absolute atomic E-state index is 12.5. The minimum atomic E-state index is -0.615. The third kappa shape index (κ3) is 3.18. The number of fused-ring (bicyclic) bond motifs is 2. The average molecular weight is 328 g/mol. The number of halogens is 1. The lowest BCUT2D eigenvalue weighted by Gasteiger charge is -2.42. The number of esters is 1.